The Bertz CT molecular complexity index is 480. The first-order valence-corrected chi connectivity index (χ1v) is 5.30. The van der Waals surface area contributed by atoms with Crippen molar-refractivity contribution in [2.45, 2.75) is 25.9 Å². The second-order valence-electron chi connectivity index (χ2n) is 4.15. The van der Waals surface area contributed by atoms with Crippen molar-refractivity contribution >= 4 is 11.4 Å². The molecular formula is C13H11F3O. The summed E-state index contributed by atoms with van der Waals surface area (Å²) in [6.07, 6.45) is -3.17. The Morgan fingerprint density at radius 2 is 1.65 bits per heavy atom. The summed E-state index contributed by atoms with van der Waals surface area (Å²) >= 11 is 0. The molecule has 1 aliphatic carbocycles. The quantitative estimate of drug-likeness (QED) is 0.728. The van der Waals surface area contributed by atoms with Gasteiger partial charge in [-0.3, -0.25) is 4.79 Å². The van der Waals surface area contributed by atoms with Crippen LogP contribution in [0.1, 0.15) is 30.9 Å². The molecule has 1 aromatic carbocycles. The third-order valence-corrected chi connectivity index (χ3v) is 2.93. The number of hydrogen-bond donors (Lipinski definition) is 0. The maximum absolute atomic E-state index is 12.4. The zero-order valence-electron chi connectivity index (χ0n) is 9.27. The number of benzene rings is 1. The maximum atomic E-state index is 12.4. The number of Topliss-reactive ketones (excluding diaryl/α,β-unsaturated/α-hetero) is 1. The summed E-state index contributed by atoms with van der Waals surface area (Å²) in [4.78, 5) is 11.6. The fourth-order valence-corrected chi connectivity index (χ4v) is 2.02. The topological polar surface area (TPSA) is 17.1 Å². The van der Waals surface area contributed by atoms with Gasteiger partial charge in [-0.25, -0.2) is 0 Å². The molecule has 0 unspecified atom stereocenters. The minimum atomic E-state index is -4.33. The number of allylic oxidation sites excluding steroid dienone is 2. The Hall–Kier alpha value is -1.58. The molecule has 0 atom stereocenters. The second-order valence-corrected chi connectivity index (χ2v) is 4.15. The Kier molecular flexibility index (Phi) is 2.81. The molecule has 1 nitrogen and oxygen atoms in total. The van der Waals surface area contributed by atoms with E-state index in [-0.39, 0.29) is 5.78 Å². The Morgan fingerprint density at radius 1 is 1.06 bits per heavy atom. The third-order valence-electron chi connectivity index (χ3n) is 2.93. The van der Waals surface area contributed by atoms with Gasteiger partial charge in [0.1, 0.15) is 0 Å². The molecule has 0 amide bonds. The average Bonchev–Trinajstić information content (AvgIpc) is 2.58. The van der Waals surface area contributed by atoms with Crippen LogP contribution in [0.3, 0.4) is 0 Å². The van der Waals surface area contributed by atoms with E-state index in [0.29, 0.717) is 24.0 Å². The number of ketones is 1. The van der Waals surface area contributed by atoms with Gasteiger partial charge in [0.15, 0.2) is 5.78 Å². The second kappa shape index (κ2) is 4.02. The summed E-state index contributed by atoms with van der Waals surface area (Å²) < 4.78 is 37.1. The largest absolute Gasteiger partial charge is 0.416 e. The highest BCUT2D eigenvalue weighted by atomic mass is 19.4. The molecule has 1 aliphatic rings. The van der Waals surface area contributed by atoms with Crippen molar-refractivity contribution in [2.75, 3.05) is 0 Å². The highest BCUT2D eigenvalue weighted by Crippen LogP contribution is 2.33. The van der Waals surface area contributed by atoms with Crippen LogP contribution in [0.15, 0.2) is 29.8 Å². The van der Waals surface area contributed by atoms with Gasteiger partial charge in [0.2, 0.25) is 0 Å². The average molecular weight is 240 g/mol. The third kappa shape index (κ3) is 2.25. The molecule has 2 rings (SSSR count). The van der Waals surface area contributed by atoms with Gasteiger partial charge in [-0.2, -0.15) is 13.2 Å². The Labute approximate surface area is 96.9 Å². The molecule has 1 aromatic rings. The van der Waals surface area contributed by atoms with E-state index >= 15 is 0 Å². The summed E-state index contributed by atoms with van der Waals surface area (Å²) in [5.74, 6) is 0.0160. The van der Waals surface area contributed by atoms with E-state index in [4.69, 9.17) is 0 Å². The molecule has 0 saturated heterocycles. The zero-order valence-corrected chi connectivity index (χ0v) is 9.27. The first-order chi connectivity index (χ1) is 7.89. The van der Waals surface area contributed by atoms with Crippen LogP contribution >= 0.6 is 0 Å². The van der Waals surface area contributed by atoms with Gasteiger partial charge in [-0.15, -0.1) is 0 Å². The van der Waals surface area contributed by atoms with Crippen molar-refractivity contribution in [1.82, 2.24) is 0 Å². The molecule has 0 saturated carbocycles. The molecule has 0 bridgehead atoms. The van der Waals surface area contributed by atoms with E-state index in [1.165, 1.54) is 12.1 Å². The minimum Gasteiger partial charge on any atom is -0.294 e. The van der Waals surface area contributed by atoms with Crippen LogP contribution in [0.4, 0.5) is 13.2 Å². The van der Waals surface area contributed by atoms with Crippen LogP contribution in [0.2, 0.25) is 0 Å². The molecule has 0 spiro atoms. The van der Waals surface area contributed by atoms with Crippen LogP contribution in [-0.4, -0.2) is 5.78 Å². The van der Waals surface area contributed by atoms with Gasteiger partial charge in [0.05, 0.1) is 5.56 Å². The summed E-state index contributed by atoms with van der Waals surface area (Å²) in [5.41, 5.74) is 1.43. The number of carbonyl (C=O) groups is 1. The van der Waals surface area contributed by atoms with E-state index in [1.54, 1.807) is 0 Å². The van der Waals surface area contributed by atoms with Crippen LogP contribution in [0.25, 0.3) is 5.57 Å². The normalized spacial score (nSPS) is 16.8. The van der Waals surface area contributed by atoms with Crippen molar-refractivity contribution in [1.29, 1.82) is 0 Å². The van der Waals surface area contributed by atoms with E-state index in [1.807, 2.05) is 6.92 Å². The Morgan fingerprint density at radius 3 is 2.06 bits per heavy atom. The number of hydrogen-bond acceptors (Lipinski definition) is 1. The van der Waals surface area contributed by atoms with Gasteiger partial charge in [0, 0.05) is 12.0 Å². The van der Waals surface area contributed by atoms with Gasteiger partial charge in [-0.1, -0.05) is 17.7 Å². The summed E-state index contributed by atoms with van der Waals surface area (Å²) in [5, 5.41) is 0. The van der Waals surface area contributed by atoms with Crippen LogP contribution in [0, 0.1) is 0 Å². The number of alkyl halides is 3. The van der Waals surface area contributed by atoms with Crippen LogP contribution in [-0.2, 0) is 11.0 Å². The number of halogens is 3. The summed E-state index contributed by atoms with van der Waals surface area (Å²) in [6.45, 7) is 1.85. The first-order valence-electron chi connectivity index (χ1n) is 5.30. The van der Waals surface area contributed by atoms with Crippen molar-refractivity contribution in [2.24, 2.45) is 0 Å². The van der Waals surface area contributed by atoms with E-state index < -0.39 is 11.7 Å². The van der Waals surface area contributed by atoms with Crippen molar-refractivity contribution in [3.8, 4) is 0 Å². The highest BCUT2D eigenvalue weighted by Gasteiger charge is 2.30. The van der Waals surface area contributed by atoms with Crippen molar-refractivity contribution in [3.63, 3.8) is 0 Å². The van der Waals surface area contributed by atoms with E-state index in [9.17, 15) is 18.0 Å². The predicted molar refractivity (Wildman–Crippen MR) is 58.3 cm³/mol. The smallest absolute Gasteiger partial charge is 0.294 e. The SMILES string of the molecule is CC1=C(c2ccc(C(F)(F)F)cc2)C(=O)CC1. The minimum absolute atomic E-state index is 0.0160. The lowest BCUT2D eigenvalue weighted by atomic mass is 10.0. The molecule has 0 radical (unpaired) electrons. The lowest BCUT2D eigenvalue weighted by molar-refractivity contribution is -0.137. The first kappa shape index (κ1) is 11.9. The standard InChI is InChI=1S/C13H11F3O/c1-8-2-7-11(17)12(8)9-3-5-10(6-4-9)13(14,15)16/h3-6H,2,7H2,1H3. The van der Waals surface area contributed by atoms with E-state index in [0.717, 1.165) is 17.7 Å². The maximum Gasteiger partial charge on any atom is 0.416 e. The summed E-state index contributed by atoms with van der Waals surface area (Å²) in [6, 6.07) is 4.76. The van der Waals surface area contributed by atoms with Gasteiger partial charge in [-0.05, 0) is 31.0 Å². The molecule has 0 aliphatic heterocycles. The van der Waals surface area contributed by atoms with Crippen molar-refractivity contribution in [3.05, 3.63) is 41.0 Å². The molecule has 90 valence electrons. The molecule has 4 heteroatoms. The lowest BCUT2D eigenvalue weighted by Gasteiger charge is -2.08. The fraction of sp³-hybridized carbons (Fsp3) is 0.308. The number of carbonyl (C=O) groups excluding carboxylic acids is 1. The van der Waals surface area contributed by atoms with Crippen LogP contribution < -0.4 is 0 Å². The van der Waals surface area contributed by atoms with Crippen LogP contribution in [0.5, 0.6) is 0 Å². The number of rotatable bonds is 1. The van der Waals surface area contributed by atoms with Crippen molar-refractivity contribution < 1.29 is 18.0 Å². The summed E-state index contributed by atoms with van der Waals surface area (Å²) in [7, 11) is 0. The molecule has 0 heterocycles. The predicted octanol–water partition coefficient (Wildman–Crippen LogP) is 3.84. The molecule has 0 fully saturated rings. The highest BCUT2D eigenvalue weighted by molar-refractivity contribution is 6.23. The van der Waals surface area contributed by atoms with Gasteiger partial charge >= 0.3 is 6.18 Å². The molecule has 0 aromatic heterocycles. The molecule has 17 heavy (non-hydrogen) atoms. The van der Waals surface area contributed by atoms with Gasteiger partial charge < -0.3 is 0 Å². The lowest BCUT2D eigenvalue weighted by Crippen LogP contribution is -2.05. The zero-order chi connectivity index (χ0) is 12.6. The molecule has 0 N–H and O–H groups in total. The monoisotopic (exact) mass is 240 g/mol. The van der Waals surface area contributed by atoms with Gasteiger partial charge in [0.25, 0.3) is 0 Å². The fourth-order valence-electron chi connectivity index (χ4n) is 2.02. The van der Waals surface area contributed by atoms with E-state index in [2.05, 4.69) is 0 Å². The molecular weight excluding hydrogens is 229 g/mol. The Balaban J connectivity index is 2.37.